The number of aromatic carboxylic acids is 1. The molecule has 1 unspecified atom stereocenters. The van der Waals surface area contributed by atoms with Gasteiger partial charge in [-0.25, -0.2) is 13.2 Å². The fourth-order valence-corrected chi connectivity index (χ4v) is 5.11. The summed E-state index contributed by atoms with van der Waals surface area (Å²) in [6.07, 6.45) is -2.70. The van der Waals surface area contributed by atoms with Gasteiger partial charge < -0.3 is 9.84 Å². The number of alkyl halides is 3. The van der Waals surface area contributed by atoms with Crippen LogP contribution in [0.2, 0.25) is 0 Å². The van der Waals surface area contributed by atoms with Gasteiger partial charge in [-0.15, -0.1) is 0 Å². The molecule has 0 fully saturated rings. The van der Waals surface area contributed by atoms with Gasteiger partial charge in [-0.05, 0) is 48.2 Å². The zero-order chi connectivity index (χ0) is 24.8. The summed E-state index contributed by atoms with van der Waals surface area (Å²) in [6.45, 7) is 5.33. The normalized spacial score (nSPS) is 13.1. The SMILES string of the molecule is CCCCC(C(C)C)S(=O)(=O)Nc1ccc(C(F)(F)F)cc1OCc1ccc(C(=O)O)cc1. The second-order valence-corrected chi connectivity index (χ2v) is 9.97. The summed E-state index contributed by atoms with van der Waals surface area (Å²) in [5.41, 5.74) is -0.507. The zero-order valence-corrected chi connectivity index (χ0v) is 19.5. The Hall–Kier alpha value is -2.75. The molecule has 0 spiro atoms. The number of ether oxygens (including phenoxy) is 1. The summed E-state index contributed by atoms with van der Waals surface area (Å²) in [7, 11) is -3.89. The standard InChI is InChI=1S/C23H28F3NO5S/c1-4-5-6-21(15(2)3)33(30,31)27-19-12-11-18(23(24,25)26)13-20(19)32-14-16-7-9-17(10-8-16)22(28)29/h7-13,15,21,27H,4-6,14H2,1-3H3,(H,28,29). The van der Waals surface area contributed by atoms with Crippen molar-refractivity contribution >= 4 is 21.7 Å². The molecule has 6 nitrogen and oxygen atoms in total. The highest BCUT2D eigenvalue weighted by Gasteiger charge is 2.33. The maximum Gasteiger partial charge on any atom is 0.416 e. The van der Waals surface area contributed by atoms with Crippen LogP contribution in [-0.4, -0.2) is 24.7 Å². The van der Waals surface area contributed by atoms with Gasteiger partial charge in [0.1, 0.15) is 12.4 Å². The lowest BCUT2D eigenvalue weighted by Crippen LogP contribution is -2.32. The van der Waals surface area contributed by atoms with Crippen LogP contribution in [-0.2, 0) is 22.8 Å². The Balaban J connectivity index is 2.34. The van der Waals surface area contributed by atoms with Crippen LogP contribution >= 0.6 is 0 Å². The molecular formula is C23H28F3NO5S. The van der Waals surface area contributed by atoms with Crippen molar-refractivity contribution in [2.75, 3.05) is 4.72 Å². The van der Waals surface area contributed by atoms with Crippen molar-refractivity contribution in [3.8, 4) is 5.75 Å². The molecule has 2 rings (SSSR count). The lowest BCUT2D eigenvalue weighted by atomic mass is 10.1. The average Bonchev–Trinajstić information content (AvgIpc) is 2.72. The Morgan fingerprint density at radius 1 is 1.12 bits per heavy atom. The monoisotopic (exact) mass is 487 g/mol. The minimum atomic E-state index is -4.64. The lowest BCUT2D eigenvalue weighted by Gasteiger charge is -2.23. The predicted molar refractivity (Wildman–Crippen MR) is 120 cm³/mol. The molecule has 0 amide bonds. The van der Waals surface area contributed by atoms with E-state index in [1.165, 1.54) is 24.3 Å². The summed E-state index contributed by atoms with van der Waals surface area (Å²) in [6, 6.07) is 8.22. The fourth-order valence-electron chi connectivity index (χ4n) is 3.29. The molecule has 2 aromatic rings. The number of rotatable bonds is 11. The second-order valence-electron chi connectivity index (χ2n) is 8.07. The number of hydrogen-bond acceptors (Lipinski definition) is 4. The molecule has 33 heavy (non-hydrogen) atoms. The fraction of sp³-hybridized carbons (Fsp3) is 0.435. The van der Waals surface area contributed by atoms with Crippen LogP contribution in [0.25, 0.3) is 0 Å². The molecule has 0 aromatic heterocycles. The van der Waals surface area contributed by atoms with Crippen LogP contribution in [0.3, 0.4) is 0 Å². The van der Waals surface area contributed by atoms with Crippen LogP contribution in [0, 0.1) is 5.92 Å². The summed E-state index contributed by atoms with van der Waals surface area (Å²) in [5, 5.41) is 8.26. The second kappa shape index (κ2) is 10.9. The number of halogens is 3. The van der Waals surface area contributed by atoms with Gasteiger partial charge in [-0.1, -0.05) is 45.7 Å². The number of sulfonamides is 1. The van der Waals surface area contributed by atoms with Crippen LogP contribution < -0.4 is 9.46 Å². The van der Waals surface area contributed by atoms with E-state index in [0.29, 0.717) is 18.4 Å². The number of benzene rings is 2. The molecule has 1 atom stereocenters. The first kappa shape index (κ1) is 26.5. The van der Waals surface area contributed by atoms with Crippen molar-refractivity contribution in [3.05, 3.63) is 59.2 Å². The highest BCUT2D eigenvalue weighted by molar-refractivity contribution is 7.93. The highest BCUT2D eigenvalue weighted by atomic mass is 32.2. The molecule has 0 saturated carbocycles. The van der Waals surface area contributed by atoms with E-state index in [4.69, 9.17) is 9.84 Å². The minimum Gasteiger partial charge on any atom is -0.487 e. The van der Waals surface area contributed by atoms with Crippen LogP contribution in [0.15, 0.2) is 42.5 Å². The van der Waals surface area contributed by atoms with E-state index in [0.717, 1.165) is 24.6 Å². The Bertz CT molecular complexity index is 1050. The van der Waals surface area contributed by atoms with E-state index in [1.54, 1.807) is 13.8 Å². The molecule has 182 valence electrons. The van der Waals surface area contributed by atoms with Gasteiger partial charge in [0.25, 0.3) is 0 Å². The number of carboxylic acids is 1. The van der Waals surface area contributed by atoms with Crippen LogP contribution in [0.4, 0.5) is 18.9 Å². The largest absolute Gasteiger partial charge is 0.487 e. The topological polar surface area (TPSA) is 92.7 Å². The number of nitrogens with one attached hydrogen (secondary N) is 1. The Morgan fingerprint density at radius 3 is 2.27 bits per heavy atom. The van der Waals surface area contributed by atoms with Gasteiger partial charge in [-0.2, -0.15) is 13.2 Å². The summed E-state index contributed by atoms with van der Waals surface area (Å²) in [4.78, 5) is 11.0. The number of unbranched alkanes of at least 4 members (excludes halogenated alkanes) is 1. The smallest absolute Gasteiger partial charge is 0.416 e. The summed E-state index contributed by atoms with van der Waals surface area (Å²) < 4.78 is 73.7. The maximum absolute atomic E-state index is 13.2. The minimum absolute atomic E-state index is 0.0538. The number of hydrogen-bond donors (Lipinski definition) is 2. The summed E-state index contributed by atoms with van der Waals surface area (Å²) in [5.74, 6) is -1.57. The molecule has 0 aliphatic heterocycles. The zero-order valence-electron chi connectivity index (χ0n) is 18.6. The van der Waals surface area contributed by atoms with Gasteiger partial charge >= 0.3 is 12.1 Å². The molecule has 0 aliphatic carbocycles. The van der Waals surface area contributed by atoms with Crippen molar-refractivity contribution in [2.24, 2.45) is 5.92 Å². The van der Waals surface area contributed by atoms with E-state index in [2.05, 4.69) is 4.72 Å². The molecule has 0 radical (unpaired) electrons. The number of carbonyl (C=O) groups is 1. The molecule has 0 saturated heterocycles. The van der Waals surface area contributed by atoms with Crippen molar-refractivity contribution in [1.82, 2.24) is 0 Å². The molecule has 0 heterocycles. The molecule has 2 N–H and O–H groups in total. The molecule has 0 aliphatic rings. The molecule has 0 bridgehead atoms. The van der Waals surface area contributed by atoms with E-state index < -0.39 is 33.0 Å². The third-order valence-electron chi connectivity index (χ3n) is 5.14. The van der Waals surface area contributed by atoms with Gasteiger partial charge in [-0.3, -0.25) is 4.72 Å². The Kier molecular flexibility index (Phi) is 8.76. The van der Waals surface area contributed by atoms with Gasteiger partial charge in [0.15, 0.2) is 0 Å². The first-order chi connectivity index (χ1) is 15.3. The molecular weight excluding hydrogens is 459 g/mol. The van der Waals surface area contributed by atoms with Crippen molar-refractivity contribution in [1.29, 1.82) is 0 Å². The molecule has 10 heteroatoms. The summed E-state index contributed by atoms with van der Waals surface area (Å²) >= 11 is 0. The Labute approximate surface area is 191 Å². The number of anilines is 1. The lowest BCUT2D eigenvalue weighted by molar-refractivity contribution is -0.137. The third kappa shape index (κ3) is 7.38. The highest BCUT2D eigenvalue weighted by Crippen LogP contribution is 2.36. The van der Waals surface area contributed by atoms with Crippen LogP contribution in [0.1, 0.15) is 61.5 Å². The molecule has 2 aromatic carbocycles. The van der Waals surface area contributed by atoms with E-state index in [9.17, 15) is 26.4 Å². The van der Waals surface area contributed by atoms with E-state index in [1.807, 2.05) is 6.92 Å². The van der Waals surface area contributed by atoms with Crippen molar-refractivity contribution in [2.45, 2.75) is 58.1 Å². The maximum atomic E-state index is 13.2. The Morgan fingerprint density at radius 2 is 1.76 bits per heavy atom. The van der Waals surface area contributed by atoms with Gasteiger partial charge in [0.05, 0.1) is 22.1 Å². The van der Waals surface area contributed by atoms with Gasteiger partial charge in [0, 0.05) is 0 Å². The predicted octanol–water partition coefficient (Wildman–Crippen LogP) is 5.94. The first-order valence-electron chi connectivity index (χ1n) is 10.5. The van der Waals surface area contributed by atoms with E-state index >= 15 is 0 Å². The van der Waals surface area contributed by atoms with Crippen molar-refractivity contribution < 1.29 is 36.2 Å². The number of carboxylic acid groups (broad SMARTS) is 1. The van der Waals surface area contributed by atoms with E-state index in [-0.39, 0.29) is 29.5 Å². The van der Waals surface area contributed by atoms with Crippen molar-refractivity contribution in [3.63, 3.8) is 0 Å². The first-order valence-corrected chi connectivity index (χ1v) is 12.1. The van der Waals surface area contributed by atoms with Gasteiger partial charge in [0.2, 0.25) is 10.0 Å². The average molecular weight is 488 g/mol. The third-order valence-corrected chi connectivity index (χ3v) is 7.22. The quantitative estimate of drug-likeness (QED) is 0.409. The van der Waals surface area contributed by atoms with Crippen LogP contribution in [0.5, 0.6) is 5.75 Å².